The van der Waals surface area contributed by atoms with Crippen molar-refractivity contribution in [1.29, 1.82) is 0 Å². The largest absolute Gasteiger partial charge is 0.508 e. The number of aromatic hydroxyl groups is 1. The van der Waals surface area contributed by atoms with Gasteiger partial charge < -0.3 is 15.7 Å². The van der Waals surface area contributed by atoms with Crippen molar-refractivity contribution < 1.29 is 9.90 Å². The number of anilines is 1. The fourth-order valence-corrected chi connectivity index (χ4v) is 2.06. The molecule has 1 fully saturated rings. The van der Waals surface area contributed by atoms with E-state index in [9.17, 15) is 9.90 Å². The number of hydrogen-bond donors (Lipinski definition) is 2. The number of carbonyl (C=O) groups excluding carboxylic acids is 1. The Balaban J connectivity index is 2.24. The Hall–Kier alpha value is -1.71. The first-order valence-electron chi connectivity index (χ1n) is 6.38. The lowest BCUT2D eigenvalue weighted by Gasteiger charge is -2.25. The van der Waals surface area contributed by atoms with Crippen LogP contribution in [-0.2, 0) is 0 Å². The zero-order chi connectivity index (χ0) is 13.3. The molecule has 0 radical (unpaired) electrons. The molecule has 1 aliphatic carbocycles. The Morgan fingerprint density at radius 1 is 1.50 bits per heavy atom. The van der Waals surface area contributed by atoms with Crippen molar-refractivity contribution in [2.24, 2.45) is 5.92 Å². The van der Waals surface area contributed by atoms with Crippen LogP contribution in [-0.4, -0.2) is 28.5 Å². The van der Waals surface area contributed by atoms with E-state index in [-0.39, 0.29) is 11.7 Å². The van der Waals surface area contributed by atoms with Crippen molar-refractivity contribution in [1.82, 2.24) is 4.90 Å². The molecule has 0 saturated heterocycles. The summed E-state index contributed by atoms with van der Waals surface area (Å²) in [5, 5.41) is 9.48. The maximum absolute atomic E-state index is 12.5. The van der Waals surface area contributed by atoms with Gasteiger partial charge in [0.25, 0.3) is 5.91 Å². The van der Waals surface area contributed by atoms with E-state index < -0.39 is 0 Å². The maximum atomic E-state index is 12.5. The van der Waals surface area contributed by atoms with E-state index >= 15 is 0 Å². The van der Waals surface area contributed by atoms with Gasteiger partial charge in [0.1, 0.15) is 5.75 Å². The SMILES string of the molecule is CC(C)CN(C(=O)c1cc(O)ccc1N)C1CC1. The van der Waals surface area contributed by atoms with Gasteiger partial charge in [0.2, 0.25) is 0 Å². The Kier molecular flexibility index (Phi) is 3.45. The van der Waals surface area contributed by atoms with Crippen LogP contribution >= 0.6 is 0 Å². The highest BCUT2D eigenvalue weighted by Gasteiger charge is 2.33. The first kappa shape index (κ1) is 12.7. The number of phenols is 1. The zero-order valence-corrected chi connectivity index (χ0v) is 10.9. The van der Waals surface area contributed by atoms with Gasteiger partial charge in [-0.1, -0.05) is 13.8 Å². The number of nitrogens with two attached hydrogens (primary N) is 1. The minimum Gasteiger partial charge on any atom is -0.508 e. The van der Waals surface area contributed by atoms with Gasteiger partial charge in [-0.15, -0.1) is 0 Å². The van der Waals surface area contributed by atoms with Crippen molar-refractivity contribution in [3.63, 3.8) is 0 Å². The summed E-state index contributed by atoms with van der Waals surface area (Å²) in [6.07, 6.45) is 2.13. The van der Waals surface area contributed by atoms with Crippen LogP contribution < -0.4 is 5.73 Å². The van der Waals surface area contributed by atoms with Crippen molar-refractivity contribution in [2.45, 2.75) is 32.7 Å². The van der Waals surface area contributed by atoms with Gasteiger partial charge in [-0.3, -0.25) is 4.79 Å². The maximum Gasteiger partial charge on any atom is 0.256 e. The lowest BCUT2D eigenvalue weighted by atomic mass is 10.1. The van der Waals surface area contributed by atoms with Gasteiger partial charge in [0.05, 0.1) is 5.56 Å². The molecule has 2 rings (SSSR count). The highest BCUT2D eigenvalue weighted by atomic mass is 16.3. The van der Waals surface area contributed by atoms with Gasteiger partial charge in [-0.05, 0) is 37.0 Å². The number of phenolic OH excluding ortho intramolecular Hbond substituents is 1. The number of rotatable bonds is 4. The van der Waals surface area contributed by atoms with Crippen LogP contribution in [0.4, 0.5) is 5.69 Å². The molecular weight excluding hydrogens is 228 g/mol. The highest BCUT2D eigenvalue weighted by molar-refractivity contribution is 5.99. The van der Waals surface area contributed by atoms with Gasteiger partial charge >= 0.3 is 0 Å². The topological polar surface area (TPSA) is 66.6 Å². The molecule has 98 valence electrons. The molecule has 0 aromatic heterocycles. The number of nitrogens with zero attached hydrogens (tertiary/aromatic N) is 1. The smallest absolute Gasteiger partial charge is 0.256 e. The second kappa shape index (κ2) is 4.88. The third kappa shape index (κ3) is 2.75. The van der Waals surface area contributed by atoms with Gasteiger partial charge in [-0.2, -0.15) is 0 Å². The van der Waals surface area contributed by atoms with Gasteiger partial charge in [-0.25, -0.2) is 0 Å². The predicted octanol–water partition coefficient (Wildman–Crippen LogP) is 2.24. The fraction of sp³-hybridized carbons (Fsp3) is 0.500. The summed E-state index contributed by atoms with van der Waals surface area (Å²) in [4.78, 5) is 14.4. The average molecular weight is 248 g/mol. The minimum atomic E-state index is -0.0698. The standard InChI is InChI=1S/C14H20N2O2/c1-9(2)8-16(10-3-4-10)14(18)12-7-11(17)5-6-13(12)15/h5-7,9-10,17H,3-4,8,15H2,1-2H3. The second-order valence-electron chi connectivity index (χ2n) is 5.35. The monoisotopic (exact) mass is 248 g/mol. The molecule has 0 heterocycles. The first-order chi connectivity index (χ1) is 8.49. The number of nitrogen functional groups attached to an aromatic ring is 1. The molecule has 1 aliphatic rings. The van der Waals surface area contributed by atoms with Crippen molar-refractivity contribution >= 4 is 11.6 Å². The molecule has 1 amide bonds. The van der Waals surface area contributed by atoms with E-state index in [0.29, 0.717) is 23.2 Å². The Bertz CT molecular complexity index is 453. The van der Waals surface area contributed by atoms with Crippen molar-refractivity contribution in [3.05, 3.63) is 23.8 Å². The molecule has 18 heavy (non-hydrogen) atoms. The third-order valence-electron chi connectivity index (χ3n) is 3.08. The van der Waals surface area contributed by atoms with Gasteiger partial charge in [0, 0.05) is 18.3 Å². The summed E-state index contributed by atoms with van der Waals surface area (Å²) in [5.74, 6) is 0.431. The summed E-state index contributed by atoms with van der Waals surface area (Å²) >= 11 is 0. The van der Waals surface area contributed by atoms with E-state index in [1.165, 1.54) is 12.1 Å². The minimum absolute atomic E-state index is 0.0698. The van der Waals surface area contributed by atoms with E-state index in [0.717, 1.165) is 19.4 Å². The molecule has 0 aliphatic heterocycles. The number of carbonyl (C=O) groups is 1. The fourth-order valence-electron chi connectivity index (χ4n) is 2.06. The third-order valence-corrected chi connectivity index (χ3v) is 3.08. The van der Waals surface area contributed by atoms with E-state index in [1.807, 2.05) is 4.90 Å². The molecule has 0 spiro atoms. The normalized spacial score (nSPS) is 14.8. The molecule has 1 aromatic rings. The quantitative estimate of drug-likeness (QED) is 0.634. The van der Waals surface area contributed by atoms with E-state index in [1.54, 1.807) is 6.07 Å². The highest BCUT2D eigenvalue weighted by Crippen LogP contribution is 2.30. The molecule has 1 aromatic carbocycles. The first-order valence-corrected chi connectivity index (χ1v) is 6.38. The van der Waals surface area contributed by atoms with Crippen LogP contribution in [0.25, 0.3) is 0 Å². The lowest BCUT2D eigenvalue weighted by Crippen LogP contribution is -2.36. The Labute approximate surface area is 107 Å². The molecule has 1 saturated carbocycles. The number of benzene rings is 1. The van der Waals surface area contributed by atoms with Crippen molar-refractivity contribution in [2.75, 3.05) is 12.3 Å². The summed E-state index contributed by atoms with van der Waals surface area (Å²) in [6.45, 7) is 4.92. The second-order valence-corrected chi connectivity index (χ2v) is 5.35. The van der Waals surface area contributed by atoms with E-state index in [2.05, 4.69) is 13.8 Å². The molecule has 0 atom stereocenters. The zero-order valence-electron chi connectivity index (χ0n) is 10.9. The van der Waals surface area contributed by atoms with Crippen LogP contribution in [0.2, 0.25) is 0 Å². The summed E-state index contributed by atoms with van der Waals surface area (Å²) in [6, 6.07) is 4.87. The average Bonchev–Trinajstić information content (AvgIpc) is 3.12. The van der Waals surface area contributed by atoms with Crippen molar-refractivity contribution in [3.8, 4) is 5.75 Å². The van der Waals surface area contributed by atoms with Gasteiger partial charge in [0.15, 0.2) is 0 Å². The van der Waals surface area contributed by atoms with Crippen LogP contribution in [0.1, 0.15) is 37.0 Å². The van der Waals surface area contributed by atoms with Crippen LogP contribution in [0.3, 0.4) is 0 Å². The van der Waals surface area contributed by atoms with Crippen LogP contribution in [0.15, 0.2) is 18.2 Å². The van der Waals surface area contributed by atoms with Crippen LogP contribution in [0.5, 0.6) is 5.75 Å². The Morgan fingerprint density at radius 2 is 2.17 bits per heavy atom. The summed E-state index contributed by atoms with van der Waals surface area (Å²) in [5.41, 5.74) is 6.65. The number of hydrogen-bond acceptors (Lipinski definition) is 3. The molecular formula is C14H20N2O2. The summed E-state index contributed by atoms with van der Waals surface area (Å²) in [7, 11) is 0. The molecule has 0 unspecified atom stereocenters. The van der Waals surface area contributed by atoms with Crippen LogP contribution in [0, 0.1) is 5.92 Å². The lowest BCUT2D eigenvalue weighted by molar-refractivity contribution is 0.0723. The molecule has 3 N–H and O–H groups in total. The number of amides is 1. The van der Waals surface area contributed by atoms with E-state index in [4.69, 9.17) is 5.73 Å². The Morgan fingerprint density at radius 3 is 2.72 bits per heavy atom. The molecule has 0 bridgehead atoms. The molecule has 4 nitrogen and oxygen atoms in total. The molecule has 4 heteroatoms. The summed E-state index contributed by atoms with van der Waals surface area (Å²) < 4.78 is 0. The predicted molar refractivity (Wildman–Crippen MR) is 71.4 cm³/mol.